The van der Waals surface area contributed by atoms with E-state index in [1.165, 1.54) is 0 Å². The largest absolute Gasteiger partial charge is 0.377 e. The molecule has 0 spiro atoms. The number of fused-ring (bicyclic) bond motifs is 2. The molecule has 0 amide bonds. The summed E-state index contributed by atoms with van der Waals surface area (Å²) >= 11 is 3.49. The summed E-state index contributed by atoms with van der Waals surface area (Å²) < 4.78 is 9.54. The second kappa shape index (κ2) is 6.10. The summed E-state index contributed by atoms with van der Waals surface area (Å²) in [6.45, 7) is 1.29. The van der Waals surface area contributed by atoms with Crippen molar-refractivity contribution in [3.05, 3.63) is 22.6 Å². The highest BCUT2D eigenvalue weighted by molar-refractivity contribution is 9.10. The minimum Gasteiger partial charge on any atom is -0.377 e. The normalized spacial score (nSPS) is 17.2. The van der Waals surface area contributed by atoms with Gasteiger partial charge in [0.2, 0.25) is 0 Å². The first kappa shape index (κ1) is 15.5. The molecule has 9 nitrogen and oxygen atoms in total. The predicted octanol–water partition coefficient (Wildman–Crippen LogP) is 1.81. The Balaban J connectivity index is 1.70. The molecular weight excluding hydrogens is 376 g/mol. The second-order valence-corrected chi connectivity index (χ2v) is 6.47. The standard InChI is InChI=1S/C14H17BrN8O/c1-22-14-10(11(15)21-22)12(16-7-17-14)18-8-4-3-5-23-13(8)19-9(20-23)6-24-2/h7-8H,3-6H2,1-2H3,(H,16,17,18). The van der Waals surface area contributed by atoms with Gasteiger partial charge >= 0.3 is 0 Å². The Labute approximate surface area is 146 Å². The molecule has 126 valence electrons. The molecule has 1 N–H and O–H groups in total. The van der Waals surface area contributed by atoms with Crippen molar-refractivity contribution in [1.29, 1.82) is 0 Å². The highest BCUT2D eigenvalue weighted by Crippen LogP contribution is 2.32. The molecule has 4 heterocycles. The lowest BCUT2D eigenvalue weighted by atomic mass is 10.1. The molecule has 3 aromatic rings. The van der Waals surface area contributed by atoms with E-state index in [0.717, 1.165) is 46.7 Å². The Kier molecular flexibility index (Phi) is 3.93. The fourth-order valence-corrected chi connectivity index (χ4v) is 3.64. The van der Waals surface area contributed by atoms with Crippen LogP contribution in [0, 0.1) is 0 Å². The summed E-state index contributed by atoms with van der Waals surface area (Å²) in [5, 5.41) is 13.2. The van der Waals surface area contributed by atoms with Crippen LogP contribution in [-0.2, 0) is 24.9 Å². The number of aryl methyl sites for hydroxylation is 2. The van der Waals surface area contributed by atoms with E-state index >= 15 is 0 Å². The van der Waals surface area contributed by atoms with Gasteiger partial charge in [0, 0.05) is 20.7 Å². The fraction of sp³-hybridized carbons (Fsp3) is 0.500. The molecule has 0 saturated carbocycles. The predicted molar refractivity (Wildman–Crippen MR) is 90.3 cm³/mol. The molecular formula is C14H17BrN8O. The van der Waals surface area contributed by atoms with Gasteiger partial charge in [-0.15, -0.1) is 0 Å². The molecule has 1 aliphatic rings. The monoisotopic (exact) mass is 392 g/mol. The Bertz CT molecular complexity index is 888. The van der Waals surface area contributed by atoms with Crippen LogP contribution < -0.4 is 5.32 Å². The van der Waals surface area contributed by atoms with E-state index in [2.05, 4.69) is 46.4 Å². The number of methoxy groups -OCH3 is 1. The van der Waals surface area contributed by atoms with Crippen molar-refractivity contribution in [3.8, 4) is 0 Å². The van der Waals surface area contributed by atoms with Crippen LogP contribution in [-0.4, -0.2) is 41.6 Å². The maximum absolute atomic E-state index is 5.14. The van der Waals surface area contributed by atoms with Crippen LogP contribution in [0.5, 0.6) is 0 Å². The number of halogens is 1. The van der Waals surface area contributed by atoms with Gasteiger partial charge in [-0.3, -0.25) is 0 Å². The van der Waals surface area contributed by atoms with Gasteiger partial charge < -0.3 is 10.1 Å². The topological polar surface area (TPSA) is 95.6 Å². The lowest BCUT2D eigenvalue weighted by Crippen LogP contribution is -2.23. The van der Waals surface area contributed by atoms with Crippen molar-refractivity contribution in [2.24, 2.45) is 7.05 Å². The quantitative estimate of drug-likeness (QED) is 0.722. The number of hydrogen-bond acceptors (Lipinski definition) is 7. The summed E-state index contributed by atoms with van der Waals surface area (Å²) in [5.74, 6) is 2.37. The summed E-state index contributed by atoms with van der Waals surface area (Å²) in [7, 11) is 3.51. The van der Waals surface area contributed by atoms with Crippen molar-refractivity contribution in [2.45, 2.75) is 32.0 Å². The number of nitrogens with one attached hydrogen (secondary N) is 1. The minimum absolute atomic E-state index is 0.0436. The third kappa shape index (κ3) is 2.55. The molecule has 4 rings (SSSR count). The summed E-state index contributed by atoms with van der Waals surface area (Å²) in [6, 6.07) is 0.0436. The van der Waals surface area contributed by atoms with Crippen molar-refractivity contribution < 1.29 is 4.74 Å². The van der Waals surface area contributed by atoms with Crippen LogP contribution >= 0.6 is 15.9 Å². The number of rotatable bonds is 4. The average Bonchev–Trinajstić information content (AvgIpc) is 3.10. The van der Waals surface area contributed by atoms with Crippen LogP contribution in [0.3, 0.4) is 0 Å². The zero-order valence-corrected chi connectivity index (χ0v) is 15.0. The van der Waals surface area contributed by atoms with Gasteiger partial charge in [-0.05, 0) is 28.8 Å². The molecule has 0 aliphatic carbocycles. The van der Waals surface area contributed by atoms with E-state index in [0.29, 0.717) is 12.4 Å². The number of ether oxygens (including phenoxy) is 1. The lowest BCUT2D eigenvalue weighted by Gasteiger charge is -2.23. The summed E-state index contributed by atoms with van der Waals surface area (Å²) in [5.41, 5.74) is 0.775. The SMILES string of the molecule is COCc1nc2n(n1)CCCC2Nc1ncnc2c1c(Br)nn2C. The van der Waals surface area contributed by atoms with Crippen LogP contribution in [0.25, 0.3) is 11.0 Å². The van der Waals surface area contributed by atoms with E-state index in [-0.39, 0.29) is 6.04 Å². The minimum atomic E-state index is 0.0436. The molecule has 1 aliphatic heterocycles. The maximum Gasteiger partial charge on any atom is 0.176 e. The van der Waals surface area contributed by atoms with Crippen molar-refractivity contribution in [3.63, 3.8) is 0 Å². The fourth-order valence-electron chi connectivity index (χ4n) is 3.04. The Morgan fingerprint density at radius 3 is 3.08 bits per heavy atom. The van der Waals surface area contributed by atoms with Gasteiger partial charge in [0.15, 0.2) is 11.5 Å². The third-order valence-electron chi connectivity index (χ3n) is 4.08. The molecule has 0 radical (unpaired) electrons. The molecule has 0 fully saturated rings. The molecule has 24 heavy (non-hydrogen) atoms. The van der Waals surface area contributed by atoms with Gasteiger partial charge in [-0.2, -0.15) is 10.2 Å². The van der Waals surface area contributed by atoms with Crippen LogP contribution in [0.4, 0.5) is 5.82 Å². The van der Waals surface area contributed by atoms with E-state index in [9.17, 15) is 0 Å². The summed E-state index contributed by atoms with van der Waals surface area (Å²) in [6.07, 6.45) is 3.54. The zero-order valence-electron chi connectivity index (χ0n) is 13.4. The number of anilines is 1. The van der Waals surface area contributed by atoms with Gasteiger partial charge in [0.05, 0.1) is 11.4 Å². The zero-order chi connectivity index (χ0) is 16.7. The number of aromatic nitrogens is 7. The van der Waals surface area contributed by atoms with Crippen molar-refractivity contribution in [2.75, 3.05) is 12.4 Å². The third-order valence-corrected chi connectivity index (χ3v) is 4.64. The van der Waals surface area contributed by atoms with Gasteiger partial charge in [-0.1, -0.05) is 0 Å². The highest BCUT2D eigenvalue weighted by Gasteiger charge is 2.26. The first-order chi connectivity index (χ1) is 11.7. The van der Waals surface area contributed by atoms with Gasteiger partial charge in [0.1, 0.15) is 29.2 Å². The highest BCUT2D eigenvalue weighted by atomic mass is 79.9. The Hall–Kier alpha value is -2.07. The molecule has 1 atom stereocenters. The summed E-state index contributed by atoms with van der Waals surface area (Å²) in [4.78, 5) is 13.3. The Morgan fingerprint density at radius 1 is 1.38 bits per heavy atom. The smallest absolute Gasteiger partial charge is 0.176 e. The molecule has 0 aromatic carbocycles. The van der Waals surface area contributed by atoms with Crippen LogP contribution in [0.1, 0.15) is 30.5 Å². The first-order valence-corrected chi connectivity index (χ1v) is 8.49. The average molecular weight is 393 g/mol. The van der Waals surface area contributed by atoms with Gasteiger partial charge in [0.25, 0.3) is 0 Å². The van der Waals surface area contributed by atoms with Crippen molar-refractivity contribution in [1.82, 2.24) is 34.5 Å². The second-order valence-electron chi connectivity index (χ2n) is 5.72. The Morgan fingerprint density at radius 2 is 2.25 bits per heavy atom. The number of nitrogens with zero attached hydrogens (tertiary/aromatic N) is 7. The lowest BCUT2D eigenvalue weighted by molar-refractivity contribution is 0.177. The van der Waals surface area contributed by atoms with Crippen LogP contribution in [0.2, 0.25) is 0 Å². The van der Waals surface area contributed by atoms with Crippen molar-refractivity contribution >= 4 is 32.8 Å². The molecule has 10 heteroatoms. The maximum atomic E-state index is 5.14. The van der Waals surface area contributed by atoms with Gasteiger partial charge in [-0.25, -0.2) is 24.3 Å². The first-order valence-electron chi connectivity index (χ1n) is 7.69. The van der Waals surface area contributed by atoms with E-state index in [4.69, 9.17) is 4.74 Å². The van der Waals surface area contributed by atoms with Crippen LogP contribution in [0.15, 0.2) is 10.9 Å². The number of hydrogen-bond donors (Lipinski definition) is 1. The van der Waals surface area contributed by atoms with E-state index in [1.54, 1.807) is 18.1 Å². The van der Waals surface area contributed by atoms with E-state index < -0.39 is 0 Å². The molecule has 1 unspecified atom stereocenters. The molecule has 0 saturated heterocycles. The molecule has 0 bridgehead atoms. The molecule has 3 aromatic heterocycles. The van der Waals surface area contributed by atoms with E-state index in [1.807, 2.05) is 11.7 Å².